The van der Waals surface area contributed by atoms with E-state index in [1.165, 1.54) is 0 Å². The molecule has 0 bridgehead atoms. The number of non-ortho nitro benzene ring substituents is 1. The third-order valence-electron chi connectivity index (χ3n) is 7.65. The molecule has 0 aliphatic carbocycles. The Morgan fingerprint density at radius 3 is 2.24 bits per heavy atom. The average molecular weight is 576 g/mol. The Hall–Kier alpha value is -4.03. The maximum atomic E-state index is 11.9. The van der Waals surface area contributed by atoms with E-state index in [1.807, 2.05) is 67.6 Å². The molecule has 11 heteroatoms. The number of carbonyl (C=O) groups is 1. The summed E-state index contributed by atoms with van der Waals surface area (Å²) in [4.78, 5) is 27.1. The Bertz CT molecular complexity index is 1330. The lowest BCUT2D eigenvalue weighted by Crippen LogP contribution is -2.49. The molecule has 3 N–H and O–H groups in total. The minimum Gasteiger partial charge on any atom is -0.392 e. The van der Waals surface area contributed by atoms with Crippen LogP contribution in [0.1, 0.15) is 42.4 Å². The highest BCUT2D eigenvalue weighted by atomic mass is 16.7. The first-order valence-corrected chi connectivity index (χ1v) is 14.3. The van der Waals surface area contributed by atoms with Crippen LogP contribution >= 0.6 is 0 Å². The molecule has 0 saturated carbocycles. The summed E-state index contributed by atoms with van der Waals surface area (Å²) in [6.45, 7) is 6.47. The first-order chi connectivity index (χ1) is 20.4. The molecule has 2 amide bonds. The fraction of sp³-hybridized carbons (Fsp3) is 0.387. The zero-order chi connectivity index (χ0) is 29.5. The zero-order valence-corrected chi connectivity index (χ0v) is 23.6. The van der Waals surface area contributed by atoms with Gasteiger partial charge in [0, 0.05) is 74.8 Å². The molecule has 2 heterocycles. The second kappa shape index (κ2) is 13.8. The molecule has 11 nitrogen and oxygen atoms in total. The van der Waals surface area contributed by atoms with Crippen LogP contribution in [0.4, 0.5) is 21.9 Å². The Kier molecular flexibility index (Phi) is 9.65. The first kappa shape index (κ1) is 29.5. The predicted octanol–water partition coefficient (Wildman–Crippen LogP) is 4.60. The van der Waals surface area contributed by atoms with E-state index in [2.05, 4.69) is 20.4 Å². The first-order valence-electron chi connectivity index (χ1n) is 14.3. The standard InChI is InChI=1S/C31H37N5O6/c1-2-32-31(38)33-25-9-7-24(8-10-25)30-41-28(19-29(42-30)23-5-3-22(21-37)4-6-23)20-34-15-17-35(18-16-34)26-11-13-27(14-12-26)36(39)40/h3-14,28-30,37H,2,15-21H2,1H3,(H2,32,33,38)/t28-,29+,30+/m1/s1. The van der Waals surface area contributed by atoms with Gasteiger partial charge in [0.25, 0.3) is 5.69 Å². The largest absolute Gasteiger partial charge is 0.392 e. The van der Waals surface area contributed by atoms with Crippen molar-refractivity contribution in [1.29, 1.82) is 0 Å². The van der Waals surface area contributed by atoms with Crippen LogP contribution in [0.3, 0.4) is 0 Å². The molecule has 2 aliphatic rings. The number of rotatable bonds is 9. The Labute approximate surface area is 245 Å². The van der Waals surface area contributed by atoms with E-state index >= 15 is 0 Å². The second-order valence-electron chi connectivity index (χ2n) is 10.5. The number of urea groups is 1. The quantitative estimate of drug-likeness (QED) is 0.250. The number of piperazine rings is 1. The molecule has 0 aromatic heterocycles. The molecule has 3 atom stereocenters. The van der Waals surface area contributed by atoms with E-state index in [9.17, 15) is 20.0 Å². The monoisotopic (exact) mass is 575 g/mol. The predicted molar refractivity (Wildman–Crippen MR) is 159 cm³/mol. The summed E-state index contributed by atoms with van der Waals surface area (Å²) < 4.78 is 13.0. The van der Waals surface area contributed by atoms with Crippen LogP contribution in [-0.4, -0.2) is 66.3 Å². The van der Waals surface area contributed by atoms with Crippen molar-refractivity contribution in [1.82, 2.24) is 10.2 Å². The average Bonchev–Trinajstić information content (AvgIpc) is 3.02. The number of nitrogens with zero attached hydrogens (tertiary/aromatic N) is 3. The maximum Gasteiger partial charge on any atom is 0.319 e. The molecule has 222 valence electrons. The van der Waals surface area contributed by atoms with E-state index in [-0.39, 0.29) is 35.5 Å². The van der Waals surface area contributed by atoms with Crippen LogP contribution in [0.25, 0.3) is 0 Å². The van der Waals surface area contributed by atoms with Crippen LogP contribution in [-0.2, 0) is 16.1 Å². The van der Waals surface area contributed by atoms with Crippen molar-refractivity contribution in [2.24, 2.45) is 0 Å². The van der Waals surface area contributed by atoms with Gasteiger partial charge in [0.15, 0.2) is 6.29 Å². The number of hydrogen-bond donors (Lipinski definition) is 3. The van der Waals surface area contributed by atoms with Crippen molar-refractivity contribution in [2.45, 2.75) is 38.4 Å². The van der Waals surface area contributed by atoms with Crippen LogP contribution in [0.15, 0.2) is 72.8 Å². The molecular formula is C31H37N5O6. The number of nitro benzene ring substituents is 1. The molecule has 0 radical (unpaired) electrons. The van der Waals surface area contributed by atoms with Crippen molar-refractivity contribution in [3.63, 3.8) is 0 Å². The molecule has 2 aliphatic heterocycles. The molecule has 42 heavy (non-hydrogen) atoms. The van der Waals surface area contributed by atoms with Gasteiger partial charge in [0.2, 0.25) is 0 Å². The fourth-order valence-electron chi connectivity index (χ4n) is 5.35. The van der Waals surface area contributed by atoms with Gasteiger partial charge < -0.3 is 30.1 Å². The van der Waals surface area contributed by atoms with Gasteiger partial charge in [-0.2, -0.15) is 0 Å². The number of carbonyl (C=O) groups excluding carboxylic acids is 1. The lowest BCUT2D eigenvalue weighted by molar-refractivity contribution is -0.384. The molecule has 0 spiro atoms. The van der Waals surface area contributed by atoms with Crippen molar-refractivity contribution in [3.8, 4) is 0 Å². The van der Waals surface area contributed by atoms with Crippen molar-refractivity contribution < 1.29 is 24.3 Å². The van der Waals surface area contributed by atoms with Gasteiger partial charge in [-0.05, 0) is 42.3 Å². The van der Waals surface area contributed by atoms with Gasteiger partial charge in [-0.3, -0.25) is 15.0 Å². The van der Waals surface area contributed by atoms with E-state index in [0.717, 1.165) is 55.1 Å². The van der Waals surface area contributed by atoms with E-state index in [4.69, 9.17) is 9.47 Å². The van der Waals surface area contributed by atoms with Gasteiger partial charge in [0.1, 0.15) is 0 Å². The molecular weight excluding hydrogens is 538 g/mol. The number of hydrogen-bond acceptors (Lipinski definition) is 8. The number of anilines is 2. The van der Waals surface area contributed by atoms with E-state index in [0.29, 0.717) is 18.7 Å². The third-order valence-corrected chi connectivity index (χ3v) is 7.65. The molecule has 0 unspecified atom stereocenters. The van der Waals surface area contributed by atoms with Gasteiger partial charge in [0.05, 0.1) is 23.7 Å². The highest BCUT2D eigenvalue weighted by molar-refractivity contribution is 5.89. The smallest absolute Gasteiger partial charge is 0.319 e. The number of amides is 2. The summed E-state index contributed by atoms with van der Waals surface area (Å²) in [5.41, 5.74) is 4.50. The summed E-state index contributed by atoms with van der Waals surface area (Å²) in [5.74, 6) is 0. The van der Waals surface area contributed by atoms with E-state index in [1.54, 1.807) is 12.1 Å². The molecule has 2 saturated heterocycles. The zero-order valence-electron chi connectivity index (χ0n) is 23.6. The van der Waals surface area contributed by atoms with Gasteiger partial charge in [-0.25, -0.2) is 4.79 Å². The minimum absolute atomic E-state index is 0.0112. The molecule has 3 aromatic rings. The SMILES string of the molecule is CCNC(=O)Nc1ccc([C@H]2O[C@@H](CN3CCN(c4ccc([N+](=O)[O-])cc4)CC3)C[C@@H](c3ccc(CO)cc3)O2)cc1. The molecule has 3 aromatic carbocycles. The van der Waals surface area contributed by atoms with Crippen molar-refractivity contribution in [2.75, 3.05) is 49.5 Å². The Morgan fingerprint density at radius 2 is 1.62 bits per heavy atom. The second-order valence-corrected chi connectivity index (χ2v) is 10.5. The lowest BCUT2D eigenvalue weighted by Gasteiger charge is -2.41. The van der Waals surface area contributed by atoms with Crippen LogP contribution in [0.5, 0.6) is 0 Å². The summed E-state index contributed by atoms with van der Waals surface area (Å²) in [6, 6.07) is 21.8. The number of aliphatic hydroxyl groups is 1. The highest BCUT2D eigenvalue weighted by Crippen LogP contribution is 2.38. The van der Waals surface area contributed by atoms with Crippen LogP contribution < -0.4 is 15.5 Å². The highest BCUT2D eigenvalue weighted by Gasteiger charge is 2.34. The van der Waals surface area contributed by atoms with Crippen LogP contribution in [0, 0.1) is 10.1 Å². The number of ether oxygens (including phenoxy) is 2. The number of nitro groups is 1. The Balaban J connectivity index is 1.25. The number of nitrogens with one attached hydrogen (secondary N) is 2. The topological polar surface area (TPSA) is 129 Å². The normalized spacial score (nSPS) is 21.1. The number of aliphatic hydroxyl groups excluding tert-OH is 1. The minimum atomic E-state index is -0.578. The summed E-state index contributed by atoms with van der Waals surface area (Å²) in [7, 11) is 0. The molecule has 5 rings (SSSR count). The van der Waals surface area contributed by atoms with Crippen LogP contribution in [0.2, 0.25) is 0 Å². The number of benzene rings is 3. The van der Waals surface area contributed by atoms with Gasteiger partial charge >= 0.3 is 6.03 Å². The van der Waals surface area contributed by atoms with Crippen molar-refractivity contribution in [3.05, 3.63) is 99.6 Å². The van der Waals surface area contributed by atoms with Crippen molar-refractivity contribution >= 4 is 23.1 Å². The Morgan fingerprint density at radius 1 is 0.952 bits per heavy atom. The fourth-order valence-corrected chi connectivity index (χ4v) is 5.35. The summed E-state index contributed by atoms with van der Waals surface area (Å²) in [6.07, 6.45) is -0.151. The van der Waals surface area contributed by atoms with Gasteiger partial charge in [-0.1, -0.05) is 36.4 Å². The molecule has 2 fully saturated rings. The maximum absolute atomic E-state index is 11.9. The van der Waals surface area contributed by atoms with Gasteiger partial charge in [-0.15, -0.1) is 0 Å². The third kappa shape index (κ3) is 7.42. The summed E-state index contributed by atoms with van der Waals surface area (Å²) >= 11 is 0. The lowest BCUT2D eigenvalue weighted by atomic mass is 9.99. The van der Waals surface area contributed by atoms with E-state index < -0.39 is 6.29 Å². The summed E-state index contributed by atoms with van der Waals surface area (Å²) in [5, 5.41) is 26.0.